The SMILES string of the molecule is CNC(C)n1ccc2cccnc21. The minimum Gasteiger partial charge on any atom is -0.317 e. The highest BCUT2D eigenvalue weighted by atomic mass is 15.2. The van der Waals surface area contributed by atoms with Crippen LogP contribution in [-0.4, -0.2) is 16.6 Å². The van der Waals surface area contributed by atoms with Crippen molar-refractivity contribution in [2.24, 2.45) is 0 Å². The minimum atomic E-state index is 0.285. The molecule has 3 heteroatoms. The molecule has 1 N–H and O–H groups in total. The monoisotopic (exact) mass is 175 g/mol. The summed E-state index contributed by atoms with van der Waals surface area (Å²) < 4.78 is 2.12. The third-order valence-corrected chi connectivity index (χ3v) is 2.31. The smallest absolute Gasteiger partial charge is 0.141 e. The third-order valence-electron chi connectivity index (χ3n) is 2.31. The minimum absolute atomic E-state index is 0.285. The van der Waals surface area contributed by atoms with Crippen molar-refractivity contribution in [3.05, 3.63) is 30.6 Å². The molecule has 0 spiro atoms. The maximum Gasteiger partial charge on any atom is 0.141 e. The van der Waals surface area contributed by atoms with E-state index in [1.165, 1.54) is 5.39 Å². The Hall–Kier alpha value is -1.35. The third kappa shape index (κ3) is 1.31. The van der Waals surface area contributed by atoms with E-state index < -0.39 is 0 Å². The summed E-state index contributed by atoms with van der Waals surface area (Å²) in [6, 6.07) is 6.11. The normalized spacial score (nSPS) is 13.4. The molecule has 2 aromatic heterocycles. The van der Waals surface area contributed by atoms with E-state index in [4.69, 9.17) is 0 Å². The summed E-state index contributed by atoms with van der Waals surface area (Å²) >= 11 is 0. The average molecular weight is 175 g/mol. The van der Waals surface area contributed by atoms with Gasteiger partial charge in [0.15, 0.2) is 0 Å². The summed E-state index contributed by atoms with van der Waals surface area (Å²) in [7, 11) is 1.94. The van der Waals surface area contributed by atoms with Crippen LogP contribution in [0.25, 0.3) is 11.0 Å². The first kappa shape index (κ1) is 8.26. The first-order valence-electron chi connectivity index (χ1n) is 4.42. The Balaban J connectivity index is 2.57. The Bertz CT molecular complexity index is 405. The zero-order valence-corrected chi connectivity index (χ0v) is 7.86. The van der Waals surface area contributed by atoms with Crippen molar-refractivity contribution in [1.29, 1.82) is 0 Å². The highest BCUT2D eigenvalue weighted by Gasteiger charge is 2.05. The lowest BCUT2D eigenvalue weighted by molar-refractivity contribution is 0.489. The van der Waals surface area contributed by atoms with Crippen LogP contribution in [0, 0.1) is 0 Å². The Morgan fingerprint density at radius 1 is 1.46 bits per heavy atom. The van der Waals surface area contributed by atoms with Gasteiger partial charge in [-0.1, -0.05) is 0 Å². The van der Waals surface area contributed by atoms with Gasteiger partial charge in [0.2, 0.25) is 0 Å². The molecule has 0 aliphatic carbocycles. The van der Waals surface area contributed by atoms with Crippen molar-refractivity contribution in [3.8, 4) is 0 Å². The van der Waals surface area contributed by atoms with Crippen molar-refractivity contribution in [3.63, 3.8) is 0 Å². The molecule has 0 bridgehead atoms. The van der Waals surface area contributed by atoms with E-state index >= 15 is 0 Å². The summed E-state index contributed by atoms with van der Waals surface area (Å²) in [4.78, 5) is 4.33. The van der Waals surface area contributed by atoms with E-state index in [9.17, 15) is 0 Å². The molecule has 0 aliphatic heterocycles. The van der Waals surface area contributed by atoms with Crippen molar-refractivity contribution in [1.82, 2.24) is 14.9 Å². The number of pyridine rings is 1. The maximum absolute atomic E-state index is 4.33. The second kappa shape index (κ2) is 3.18. The second-order valence-corrected chi connectivity index (χ2v) is 3.10. The van der Waals surface area contributed by atoms with Crippen LogP contribution in [0.2, 0.25) is 0 Å². The fourth-order valence-electron chi connectivity index (χ4n) is 1.44. The largest absolute Gasteiger partial charge is 0.317 e. The first-order valence-corrected chi connectivity index (χ1v) is 4.42. The van der Waals surface area contributed by atoms with Gasteiger partial charge in [-0.15, -0.1) is 0 Å². The summed E-state index contributed by atoms with van der Waals surface area (Å²) in [5, 5.41) is 4.37. The van der Waals surface area contributed by atoms with E-state index in [0.29, 0.717) is 0 Å². The van der Waals surface area contributed by atoms with Crippen LogP contribution in [0.5, 0.6) is 0 Å². The standard InChI is InChI=1S/C10H13N3/c1-8(11-2)13-7-5-9-4-3-6-12-10(9)13/h3-8,11H,1-2H3. The van der Waals surface area contributed by atoms with Gasteiger partial charge in [-0.3, -0.25) is 0 Å². The summed E-state index contributed by atoms with van der Waals surface area (Å²) in [6.07, 6.45) is 4.16. The highest BCUT2D eigenvalue weighted by Crippen LogP contribution is 2.15. The van der Waals surface area contributed by atoms with E-state index in [2.05, 4.69) is 40.1 Å². The molecule has 2 rings (SSSR count). The molecule has 0 saturated heterocycles. The average Bonchev–Trinajstić information content (AvgIpc) is 2.60. The number of aromatic nitrogens is 2. The van der Waals surface area contributed by atoms with Gasteiger partial charge in [0.05, 0.1) is 6.17 Å². The Morgan fingerprint density at radius 3 is 3.08 bits per heavy atom. The van der Waals surface area contributed by atoms with Crippen LogP contribution in [0.1, 0.15) is 13.1 Å². The molecule has 0 aliphatic rings. The van der Waals surface area contributed by atoms with Crippen molar-refractivity contribution >= 4 is 11.0 Å². The van der Waals surface area contributed by atoms with E-state index in [0.717, 1.165) is 5.65 Å². The number of hydrogen-bond acceptors (Lipinski definition) is 2. The molecular weight excluding hydrogens is 162 g/mol. The molecule has 0 saturated carbocycles. The molecule has 13 heavy (non-hydrogen) atoms. The molecule has 2 aromatic rings. The lowest BCUT2D eigenvalue weighted by Crippen LogP contribution is -2.19. The highest BCUT2D eigenvalue weighted by molar-refractivity contribution is 5.75. The number of nitrogens with one attached hydrogen (secondary N) is 1. The van der Waals surface area contributed by atoms with Crippen LogP contribution in [-0.2, 0) is 0 Å². The van der Waals surface area contributed by atoms with Gasteiger partial charge in [-0.2, -0.15) is 0 Å². The van der Waals surface area contributed by atoms with Crippen LogP contribution in [0.4, 0.5) is 0 Å². The Kier molecular flexibility index (Phi) is 2.02. The maximum atomic E-state index is 4.33. The van der Waals surface area contributed by atoms with Crippen LogP contribution in [0.15, 0.2) is 30.6 Å². The molecule has 68 valence electrons. The molecule has 3 nitrogen and oxygen atoms in total. The van der Waals surface area contributed by atoms with Gasteiger partial charge in [0, 0.05) is 17.8 Å². The zero-order chi connectivity index (χ0) is 9.26. The predicted octanol–water partition coefficient (Wildman–Crippen LogP) is 1.77. The van der Waals surface area contributed by atoms with E-state index in [1.807, 2.05) is 19.3 Å². The fourth-order valence-corrected chi connectivity index (χ4v) is 1.44. The van der Waals surface area contributed by atoms with Gasteiger partial charge in [-0.25, -0.2) is 4.98 Å². The van der Waals surface area contributed by atoms with Crippen molar-refractivity contribution in [2.75, 3.05) is 7.05 Å². The van der Waals surface area contributed by atoms with Crippen LogP contribution < -0.4 is 5.32 Å². The van der Waals surface area contributed by atoms with Gasteiger partial charge in [0.25, 0.3) is 0 Å². The molecule has 0 radical (unpaired) electrons. The summed E-state index contributed by atoms with van der Waals surface area (Å²) in [5.74, 6) is 0. The molecule has 0 fully saturated rings. The number of hydrogen-bond donors (Lipinski definition) is 1. The predicted molar refractivity (Wildman–Crippen MR) is 53.5 cm³/mol. The molecule has 2 heterocycles. The van der Waals surface area contributed by atoms with Crippen LogP contribution >= 0.6 is 0 Å². The number of nitrogens with zero attached hydrogens (tertiary/aromatic N) is 2. The van der Waals surface area contributed by atoms with Gasteiger partial charge in [0.1, 0.15) is 5.65 Å². The fraction of sp³-hybridized carbons (Fsp3) is 0.300. The molecule has 0 amide bonds. The first-order chi connectivity index (χ1) is 6.33. The number of rotatable bonds is 2. The molecular formula is C10H13N3. The molecule has 1 atom stereocenters. The van der Waals surface area contributed by atoms with Crippen molar-refractivity contribution < 1.29 is 0 Å². The lowest BCUT2D eigenvalue weighted by Gasteiger charge is -2.12. The Labute approximate surface area is 77.4 Å². The Morgan fingerprint density at radius 2 is 2.31 bits per heavy atom. The lowest BCUT2D eigenvalue weighted by atomic mass is 10.3. The number of fused-ring (bicyclic) bond motifs is 1. The second-order valence-electron chi connectivity index (χ2n) is 3.10. The quantitative estimate of drug-likeness (QED) is 0.754. The van der Waals surface area contributed by atoms with E-state index in [-0.39, 0.29) is 6.17 Å². The van der Waals surface area contributed by atoms with Crippen LogP contribution in [0.3, 0.4) is 0 Å². The van der Waals surface area contributed by atoms with Gasteiger partial charge >= 0.3 is 0 Å². The zero-order valence-electron chi connectivity index (χ0n) is 7.86. The van der Waals surface area contributed by atoms with Gasteiger partial charge in [-0.05, 0) is 32.2 Å². The molecule has 0 aromatic carbocycles. The topological polar surface area (TPSA) is 29.9 Å². The van der Waals surface area contributed by atoms with Gasteiger partial charge < -0.3 is 9.88 Å². The van der Waals surface area contributed by atoms with E-state index in [1.54, 1.807) is 0 Å². The van der Waals surface area contributed by atoms with Crippen molar-refractivity contribution in [2.45, 2.75) is 13.1 Å². The summed E-state index contributed by atoms with van der Waals surface area (Å²) in [5.41, 5.74) is 1.03. The molecule has 1 unspecified atom stereocenters. The summed E-state index contributed by atoms with van der Waals surface area (Å²) in [6.45, 7) is 2.11.